The van der Waals surface area contributed by atoms with E-state index in [1.807, 2.05) is 6.08 Å². The third-order valence-corrected chi connectivity index (χ3v) is 4.02. The van der Waals surface area contributed by atoms with E-state index in [-0.39, 0.29) is 17.8 Å². The average Bonchev–Trinajstić information content (AvgIpc) is 2.55. The van der Waals surface area contributed by atoms with Gasteiger partial charge in [0, 0.05) is 24.4 Å². The molecular weight excluding hydrogens is 305 g/mol. The smallest absolute Gasteiger partial charge is 0.224 e. The van der Waals surface area contributed by atoms with E-state index in [0.29, 0.717) is 18.5 Å². The summed E-state index contributed by atoms with van der Waals surface area (Å²) in [7, 11) is 0. The Kier molecular flexibility index (Phi) is 6.88. The molecule has 3 N–H and O–H groups in total. The van der Waals surface area contributed by atoms with Crippen LogP contribution in [0.5, 0.6) is 0 Å². The summed E-state index contributed by atoms with van der Waals surface area (Å²) in [4.78, 5) is 16.4. The van der Waals surface area contributed by atoms with Crippen LogP contribution in [0, 0.1) is 5.82 Å². The van der Waals surface area contributed by atoms with E-state index in [1.165, 1.54) is 12.1 Å². The molecule has 5 heteroatoms. The van der Waals surface area contributed by atoms with Gasteiger partial charge in [-0.3, -0.25) is 9.79 Å². The van der Waals surface area contributed by atoms with Crippen LogP contribution < -0.4 is 11.1 Å². The molecule has 0 aromatic heterocycles. The zero-order valence-electron chi connectivity index (χ0n) is 13.8. The first-order chi connectivity index (χ1) is 11.6. The maximum atomic E-state index is 13.5. The van der Waals surface area contributed by atoms with Crippen molar-refractivity contribution in [2.24, 2.45) is 10.7 Å². The zero-order valence-corrected chi connectivity index (χ0v) is 13.8. The molecule has 24 heavy (non-hydrogen) atoms. The second-order valence-corrected chi connectivity index (χ2v) is 5.90. The van der Waals surface area contributed by atoms with E-state index in [9.17, 15) is 9.18 Å². The number of allylic oxidation sites excluding steroid dienone is 1. The summed E-state index contributed by atoms with van der Waals surface area (Å²) in [5.74, 6) is -0.457. The number of benzene rings is 1. The Hall–Kier alpha value is -2.27. The van der Waals surface area contributed by atoms with Gasteiger partial charge in [-0.25, -0.2) is 4.39 Å². The Morgan fingerprint density at radius 1 is 1.33 bits per heavy atom. The molecule has 0 radical (unpaired) electrons. The van der Waals surface area contributed by atoms with Gasteiger partial charge in [0.1, 0.15) is 5.82 Å². The largest absolute Gasteiger partial charge is 0.326 e. The molecule has 1 aliphatic rings. The fourth-order valence-electron chi connectivity index (χ4n) is 2.65. The van der Waals surface area contributed by atoms with E-state index in [2.05, 4.69) is 16.9 Å². The van der Waals surface area contributed by atoms with Crippen molar-refractivity contribution in [1.82, 2.24) is 0 Å². The monoisotopic (exact) mass is 329 g/mol. The molecule has 1 heterocycles. The molecule has 0 saturated heterocycles. The van der Waals surface area contributed by atoms with E-state index >= 15 is 0 Å². The summed E-state index contributed by atoms with van der Waals surface area (Å²) in [5, 5.41) is 2.81. The van der Waals surface area contributed by atoms with Crippen LogP contribution in [0.4, 0.5) is 10.1 Å². The lowest BCUT2D eigenvalue weighted by molar-refractivity contribution is -0.116. The van der Waals surface area contributed by atoms with Crippen molar-refractivity contribution in [3.63, 3.8) is 0 Å². The molecule has 1 atom stereocenters. The highest BCUT2D eigenvalue weighted by Crippen LogP contribution is 2.19. The summed E-state index contributed by atoms with van der Waals surface area (Å²) in [6.07, 6.45) is 9.62. The molecule has 1 aliphatic heterocycles. The van der Waals surface area contributed by atoms with Gasteiger partial charge >= 0.3 is 0 Å². The van der Waals surface area contributed by atoms with Crippen LogP contribution in [0.1, 0.15) is 37.7 Å². The zero-order chi connectivity index (χ0) is 17.4. The number of carbonyl (C=O) groups excluding carboxylic acids is 1. The number of fused-ring (bicyclic) bond motifs is 1. The summed E-state index contributed by atoms with van der Waals surface area (Å²) < 4.78 is 13.5. The van der Waals surface area contributed by atoms with Crippen molar-refractivity contribution in [3.05, 3.63) is 54.5 Å². The molecule has 2 rings (SSSR count). The van der Waals surface area contributed by atoms with Gasteiger partial charge in [0.25, 0.3) is 0 Å². The summed E-state index contributed by atoms with van der Waals surface area (Å²) in [6, 6.07) is 4.28. The normalized spacial score (nSPS) is 23.7. The van der Waals surface area contributed by atoms with Crippen LogP contribution in [-0.4, -0.2) is 17.7 Å². The highest BCUT2D eigenvalue weighted by atomic mass is 19.1. The molecule has 1 aromatic rings. The Morgan fingerprint density at radius 2 is 2.17 bits per heavy atom. The van der Waals surface area contributed by atoms with Crippen molar-refractivity contribution in [1.29, 1.82) is 0 Å². The van der Waals surface area contributed by atoms with Crippen molar-refractivity contribution in [3.8, 4) is 0 Å². The number of rotatable bonds is 1. The van der Waals surface area contributed by atoms with Crippen LogP contribution in [-0.2, 0) is 11.2 Å². The number of halogens is 1. The molecular formula is C19H24FN3O. The molecule has 1 aromatic carbocycles. The van der Waals surface area contributed by atoms with Crippen molar-refractivity contribution in [2.75, 3.05) is 5.32 Å². The topological polar surface area (TPSA) is 67.5 Å². The van der Waals surface area contributed by atoms with Gasteiger partial charge in [-0.05, 0) is 43.0 Å². The second kappa shape index (κ2) is 9.13. The van der Waals surface area contributed by atoms with Gasteiger partial charge in [-0.15, -0.1) is 0 Å². The molecule has 0 spiro atoms. The molecule has 128 valence electrons. The van der Waals surface area contributed by atoms with E-state index < -0.39 is 0 Å². The van der Waals surface area contributed by atoms with E-state index in [1.54, 1.807) is 18.3 Å². The molecule has 0 aliphatic carbocycles. The average molecular weight is 329 g/mol. The Labute approximate surface area is 142 Å². The fraction of sp³-hybridized carbons (Fsp3) is 0.368. The minimum Gasteiger partial charge on any atom is -0.326 e. The van der Waals surface area contributed by atoms with E-state index in [4.69, 9.17) is 5.73 Å². The number of hydrogen-bond donors (Lipinski definition) is 2. The number of amides is 1. The molecule has 0 saturated carbocycles. The van der Waals surface area contributed by atoms with Gasteiger partial charge in [0.15, 0.2) is 0 Å². The minimum absolute atomic E-state index is 0.0898. The van der Waals surface area contributed by atoms with Crippen molar-refractivity contribution < 1.29 is 9.18 Å². The maximum absolute atomic E-state index is 13.5. The van der Waals surface area contributed by atoms with Gasteiger partial charge < -0.3 is 11.1 Å². The van der Waals surface area contributed by atoms with Crippen LogP contribution >= 0.6 is 0 Å². The Morgan fingerprint density at radius 3 is 2.96 bits per heavy atom. The maximum Gasteiger partial charge on any atom is 0.224 e. The number of carbonyl (C=O) groups is 1. The Bertz CT molecular complexity index is 652. The quantitative estimate of drug-likeness (QED) is 0.824. The molecule has 1 amide bonds. The minimum atomic E-state index is -0.367. The number of aliphatic imine (C=N–C) groups is 1. The Balaban J connectivity index is 2.24. The lowest BCUT2D eigenvalue weighted by Crippen LogP contribution is -2.28. The van der Waals surface area contributed by atoms with Crippen LogP contribution in [0.3, 0.4) is 0 Å². The summed E-state index contributed by atoms with van der Waals surface area (Å²) >= 11 is 0. The van der Waals surface area contributed by atoms with E-state index in [0.717, 1.165) is 37.0 Å². The number of nitrogens with one attached hydrogen (secondary N) is 1. The lowest BCUT2D eigenvalue weighted by Gasteiger charge is -2.11. The van der Waals surface area contributed by atoms with Crippen molar-refractivity contribution in [2.45, 2.75) is 44.6 Å². The first-order valence-corrected chi connectivity index (χ1v) is 8.29. The lowest BCUT2D eigenvalue weighted by atomic mass is 10.0. The van der Waals surface area contributed by atoms with Crippen LogP contribution in [0.15, 0.2) is 48.1 Å². The second-order valence-electron chi connectivity index (χ2n) is 5.90. The first-order valence-electron chi connectivity index (χ1n) is 8.29. The van der Waals surface area contributed by atoms with Gasteiger partial charge in [0.2, 0.25) is 5.91 Å². The SMILES string of the molecule is C=C/C1=N\C=C/Cc2ccc(F)cc2NC(=O)CCCCC[C@@H]1N. The van der Waals surface area contributed by atoms with Gasteiger partial charge in [0.05, 0.1) is 5.71 Å². The summed E-state index contributed by atoms with van der Waals surface area (Å²) in [6.45, 7) is 3.77. The number of hydrogen-bond acceptors (Lipinski definition) is 3. The number of anilines is 1. The fourth-order valence-corrected chi connectivity index (χ4v) is 2.65. The predicted octanol–water partition coefficient (Wildman–Crippen LogP) is 3.74. The number of nitrogens with two attached hydrogens (primary N) is 1. The molecule has 0 bridgehead atoms. The molecule has 0 unspecified atom stereocenters. The molecule has 0 fully saturated rings. The molecule has 4 nitrogen and oxygen atoms in total. The van der Waals surface area contributed by atoms with Gasteiger partial charge in [-0.1, -0.05) is 31.6 Å². The first kappa shape index (κ1) is 18.1. The predicted molar refractivity (Wildman–Crippen MR) is 96.6 cm³/mol. The number of nitrogens with zero attached hydrogens (tertiary/aromatic N) is 1. The van der Waals surface area contributed by atoms with Crippen LogP contribution in [0.2, 0.25) is 0 Å². The van der Waals surface area contributed by atoms with Gasteiger partial charge in [-0.2, -0.15) is 0 Å². The van der Waals surface area contributed by atoms with Crippen molar-refractivity contribution >= 4 is 17.3 Å². The standard InChI is InChI=1S/C19H24FN3O/c1-2-17-16(21)8-4-3-5-9-19(24)23-18-13-15(20)11-10-14(18)7-6-12-22-17/h2,6,10-13,16H,1,3-5,7-9,21H2,(H,23,24)/b12-6-,22-17+/t16-/m0/s1. The third-order valence-electron chi connectivity index (χ3n) is 4.02. The third kappa shape index (κ3) is 5.42. The highest BCUT2D eigenvalue weighted by Gasteiger charge is 2.10. The summed E-state index contributed by atoms with van der Waals surface area (Å²) in [5.41, 5.74) is 8.25. The highest BCUT2D eigenvalue weighted by molar-refractivity contribution is 5.99. The van der Waals surface area contributed by atoms with Crippen LogP contribution in [0.25, 0.3) is 0 Å².